The second kappa shape index (κ2) is 8.16. The summed E-state index contributed by atoms with van der Waals surface area (Å²) in [5, 5.41) is 2.90. The molecule has 3 heterocycles. The molecule has 148 valence electrons. The second-order valence-corrected chi connectivity index (χ2v) is 7.07. The van der Waals surface area contributed by atoms with Crippen LogP contribution >= 0.6 is 0 Å². The van der Waals surface area contributed by atoms with Crippen molar-refractivity contribution < 1.29 is 19.0 Å². The molecule has 0 bridgehead atoms. The third kappa shape index (κ3) is 4.26. The van der Waals surface area contributed by atoms with Crippen LogP contribution in [-0.2, 0) is 20.7 Å². The lowest BCUT2D eigenvalue weighted by atomic mass is 10.0. The highest BCUT2D eigenvalue weighted by Crippen LogP contribution is 2.32. The number of hydrogen-bond donors (Lipinski definition) is 1. The largest absolute Gasteiger partial charge is 0.497 e. The molecule has 28 heavy (non-hydrogen) atoms. The Hall–Kier alpha value is -2.64. The Morgan fingerprint density at radius 3 is 2.46 bits per heavy atom. The Kier molecular flexibility index (Phi) is 5.45. The lowest BCUT2D eigenvalue weighted by Gasteiger charge is -2.38. The number of carbonyl (C=O) groups is 1. The van der Waals surface area contributed by atoms with Crippen LogP contribution in [0.3, 0.4) is 0 Å². The van der Waals surface area contributed by atoms with E-state index in [2.05, 4.69) is 15.2 Å². The van der Waals surface area contributed by atoms with Gasteiger partial charge in [-0.1, -0.05) is 12.1 Å². The normalized spacial score (nSPS) is 18.2. The Balaban J connectivity index is 1.30. The molecule has 0 atom stereocenters. The Morgan fingerprint density at radius 2 is 1.86 bits per heavy atom. The van der Waals surface area contributed by atoms with Gasteiger partial charge in [-0.3, -0.25) is 4.79 Å². The lowest BCUT2D eigenvalue weighted by Crippen LogP contribution is -2.45. The van der Waals surface area contributed by atoms with Gasteiger partial charge in [0.2, 0.25) is 5.91 Å². The number of rotatable bonds is 5. The van der Waals surface area contributed by atoms with Gasteiger partial charge in [-0.05, 0) is 29.8 Å². The van der Waals surface area contributed by atoms with Gasteiger partial charge in [0.05, 0.1) is 38.6 Å². The number of benzene rings is 1. The summed E-state index contributed by atoms with van der Waals surface area (Å²) in [6.45, 7) is 3.05. The monoisotopic (exact) mass is 383 g/mol. The number of hydrogen-bond acceptors (Lipinski definition) is 6. The van der Waals surface area contributed by atoms with Crippen molar-refractivity contribution in [3.63, 3.8) is 0 Å². The van der Waals surface area contributed by atoms with Crippen LogP contribution in [0.1, 0.15) is 18.4 Å². The van der Waals surface area contributed by atoms with Gasteiger partial charge in [0, 0.05) is 25.9 Å². The third-order valence-corrected chi connectivity index (χ3v) is 5.22. The molecule has 4 rings (SSSR count). The van der Waals surface area contributed by atoms with E-state index < -0.39 is 0 Å². The number of carbonyl (C=O) groups excluding carboxylic acids is 1. The maximum absolute atomic E-state index is 12.3. The van der Waals surface area contributed by atoms with Gasteiger partial charge in [-0.15, -0.1) is 0 Å². The van der Waals surface area contributed by atoms with Gasteiger partial charge < -0.3 is 24.4 Å². The van der Waals surface area contributed by atoms with Crippen molar-refractivity contribution in [1.29, 1.82) is 0 Å². The highest BCUT2D eigenvalue weighted by Gasteiger charge is 2.39. The fraction of sp³-hybridized carbons (Fsp3) is 0.429. The van der Waals surface area contributed by atoms with Crippen molar-refractivity contribution in [2.24, 2.45) is 0 Å². The first-order valence-electron chi connectivity index (χ1n) is 9.57. The van der Waals surface area contributed by atoms with Gasteiger partial charge in [0.25, 0.3) is 0 Å². The van der Waals surface area contributed by atoms with Gasteiger partial charge >= 0.3 is 0 Å². The molecule has 2 aliphatic rings. The fourth-order valence-electron chi connectivity index (χ4n) is 3.64. The lowest BCUT2D eigenvalue weighted by molar-refractivity contribution is -0.169. The Morgan fingerprint density at radius 1 is 1.14 bits per heavy atom. The first-order valence-corrected chi connectivity index (χ1v) is 9.57. The predicted octanol–water partition coefficient (Wildman–Crippen LogP) is 2.61. The number of methoxy groups -OCH3 is 1. The fourth-order valence-corrected chi connectivity index (χ4v) is 3.64. The zero-order chi connectivity index (χ0) is 19.4. The highest BCUT2D eigenvalue weighted by molar-refractivity contribution is 5.92. The zero-order valence-electron chi connectivity index (χ0n) is 16.0. The molecule has 1 spiro atoms. The van der Waals surface area contributed by atoms with Crippen molar-refractivity contribution in [1.82, 2.24) is 4.98 Å². The van der Waals surface area contributed by atoms with Gasteiger partial charge in [0.1, 0.15) is 11.6 Å². The molecular formula is C21H25N3O4. The Labute approximate surface area is 164 Å². The molecular weight excluding hydrogens is 358 g/mol. The van der Waals surface area contributed by atoms with Crippen LogP contribution in [0.15, 0.2) is 42.6 Å². The minimum Gasteiger partial charge on any atom is -0.497 e. The number of amides is 1. The number of piperidine rings is 1. The van der Waals surface area contributed by atoms with Crippen LogP contribution < -0.4 is 15.0 Å². The topological polar surface area (TPSA) is 72.9 Å². The van der Waals surface area contributed by atoms with E-state index in [0.29, 0.717) is 25.3 Å². The van der Waals surface area contributed by atoms with E-state index in [1.165, 1.54) is 0 Å². The molecule has 2 fully saturated rings. The summed E-state index contributed by atoms with van der Waals surface area (Å²) in [6.07, 6.45) is 3.69. The first-order chi connectivity index (χ1) is 13.7. The molecule has 1 aromatic heterocycles. The number of nitrogens with zero attached hydrogens (tertiary/aromatic N) is 2. The minimum absolute atomic E-state index is 0.0739. The number of nitrogens with one attached hydrogen (secondary N) is 1. The molecule has 0 radical (unpaired) electrons. The van der Waals surface area contributed by atoms with Gasteiger partial charge in [-0.25, -0.2) is 4.98 Å². The average Bonchev–Trinajstić information content (AvgIpc) is 3.18. The minimum atomic E-state index is -0.383. The standard InChI is InChI=1S/C21H25N3O4/c1-26-18-5-2-16(3-6-18)14-20(25)23-17-4-7-19(22-15-17)24-10-8-21(9-11-24)27-12-13-28-21/h2-7,15H,8-14H2,1H3,(H,23,25). The molecule has 1 amide bonds. The van der Waals surface area contributed by atoms with Crippen LogP contribution in [0.4, 0.5) is 11.5 Å². The molecule has 1 N–H and O–H groups in total. The maximum Gasteiger partial charge on any atom is 0.228 e. The third-order valence-electron chi connectivity index (χ3n) is 5.22. The van der Waals surface area contributed by atoms with E-state index in [1.807, 2.05) is 36.4 Å². The summed E-state index contributed by atoms with van der Waals surface area (Å²) < 4.78 is 16.7. The highest BCUT2D eigenvalue weighted by atomic mass is 16.7. The molecule has 7 heteroatoms. The van der Waals surface area contributed by atoms with E-state index in [1.54, 1.807) is 13.3 Å². The van der Waals surface area contributed by atoms with Crippen molar-refractivity contribution in [2.45, 2.75) is 25.0 Å². The van der Waals surface area contributed by atoms with E-state index in [9.17, 15) is 4.79 Å². The van der Waals surface area contributed by atoms with Gasteiger partial charge in [-0.2, -0.15) is 0 Å². The summed E-state index contributed by atoms with van der Waals surface area (Å²) in [4.78, 5) is 19.0. The number of anilines is 2. The van der Waals surface area contributed by atoms with Gasteiger partial charge in [0.15, 0.2) is 5.79 Å². The molecule has 0 aliphatic carbocycles. The van der Waals surface area contributed by atoms with Crippen molar-refractivity contribution in [2.75, 3.05) is 43.6 Å². The van der Waals surface area contributed by atoms with Crippen molar-refractivity contribution in [3.05, 3.63) is 48.2 Å². The molecule has 2 aromatic rings. The molecule has 7 nitrogen and oxygen atoms in total. The molecule has 0 unspecified atom stereocenters. The van der Waals surface area contributed by atoms with E-state index in [0.717, 1.165) is 43.1 Å². The molecule has 2 saturated heterocycles. The molecule has 0 saturated carbocycles. The summed E-state index contributed by atoms with van der Waals surface area (Å²) in [6, 6.07) is 11.3. The first kappa shape index (κ1) is 18.7. The molecule has 2 aliphatic heterocycles. The zero-order valence-corrected chi connectivity index (χ0v) is 16.0. The summed E-state index contributed by atoms with van der Waals surface area (Å²) in [5.74, 6) is 1.22. The summed E-state index contributed by atoms with van der Waals surface area (Å²) in [5.41, 5.74) is 1.62. The maximum atomic E-state index is 12.3. The number of pyridine rings is 1. The van der Waals surface area contributed by atoms with Crippen LogP contribution in [0.25, 0.3) is 0 Å². The number of aromatic nitrogens is 1. The van der Waals surface area contributed by atoms with E-state index >= 15 is 0 Å². The number of ether oxygens (including phenoxy) is 3. The summed E-state index contributed by atoms with van der Waals surface area (Å²) >= 11 is 0. The smallest absolute Gasteiger partial charge is 0.228 e. The van der Waals surface area contributed by atoms with Crippen LogP contribution in [-0.4, -0.2) is 50.1 Å². The SMILES string of the molecule is COc1ccc(CC(=O)Nc2ccc(N3CCC4(CC3)OCCO4)nc2)cc1. The molecule has 1 aromatic carbocycles. The Bertz CT molecular complexity index is 791. The van der Waals surface area contributed by atoms with E-state index in [4.69, 9.17) is 14.2 Å². The van der Waals surface area contributed by atoms with Crippen LogP contribution in [0.2, 0.25) is 0 Å². The average molecular weight is 383 g/mol. The van der Waals surface area contributed by atoms with E-state index in [-0.39, 0.29) is 11.7 Å². The predicted molar refractivity (Wildman–Crippen MR) is 106 cm³/mol. The second-order valence-electron chi connectivity index (χ2n) is 7.07. The van der Waals surface area contributed by atoms with Crippen molar-refractivity contribution >= 4 is 17.4 Å². The van der Waals surface area contributed by atoms with Crippen LogP contribution in [0.5, 0.6) is 5.75 Å². The van der Waals surface area contributed by atoms with Crippen LogP contribution in [0, 0.1) is 0 Å². The quantitative estimate of drug-likeness (QED) is 0.856. The summed E-state index contributed by atoms with van der Waals surface area (Å²) in [7, 11) is 1.62. The van der Waals surface area contributed by atoms with Crippen molar-refractivity contribution in [3.8, 4) is 5.75 Å².